The molecule has 0 radical (unpaired) electrons. The first-order valence-corrected chi connectivity index (χ1v) is 8.40. The molecule has 2 N–H and O–H groups in total. The van der Waals surface area contributed by atoms with Gasteiger partial charge in [-0.3, -0.25) is 0 Å². The third kappa shape index (κ3) is 3.91. The predicted molar refractivity (Wildman–Crippen MR) is 79.2 cm³/mol. The van der Waals surface area contributed by atoms with E-state index in [4.69, 9.17) is 0 Å². The summed E-state index contributed by atoms with van der Waals surface area (Å²) in [5, 5.41) is 3.10. The first kappa shape index (κ1) is 15.2. The normalized spacial score (nSPS) is 20.2. The van der Waals surface area contributed by atoms with E-state index in [0.29, 0.717) is 5.82 Å². The van der Waals surface area contributed by atoms with Gasteiger partial charge in [0.2, 0.25) is 10.0 Å². The number of hydrogen-bond acceptors (Lipinski definition) is 5. The third-order valence-electron chi connectivity index (χ3n) is 3.31. The molecule has 20 heavy (non-hydrogen) atoms. The quantitative estimate of drug-likeness (QED) is 0.816. The van der Waals surface area contributed by atoms with Crippen LogP contribution < -0.4 is 10.0 Å². The standard InChI is InChI=1S/C13H22N4O2S/c1-3-6-14-13-9-12(4-7-15-13)20(18,19)16-11-5-8-17(2)10-11/h4,7,9,11,16H,3,5-6,8,10H2,1-2H3,(H,14,15). The number of sulfonamides is 1. The second-order valence-corrected chi connectivity index (χ2v) is 6.89. The number of nitrogens with one attached hydrogen (secondary N) is 2. The summed E-state index contributed by atoms with van der Waals surface area (Å²) in [7, 11) is -1.48. The minimum absolute atomic E-state index is 0.00906. The predicted octanol–water partition coefficient (Wildman–Crippen LogP) is 0.886. The molecule has 0 spiro atoms. The van der Waals surface area contributed by atoms with Gasteiger partial charge in [0, 0.05) is 31.4 Å². The maximum absolute atomic E-state index is 12.3. The molecule has 1 aliphatic rings. The Morgan fingerprint density at radius 3 is 2.95 bits per heavy atom. The summed E-state index contributed by atoms with van der Waals surface area (Å²) in [6, 6.07) is 3.10. The Morgan fingerprint density at radius 2 is 2.30 bits per heavy atom. The summed E-state index contributed by atoms with van der Waals surface area (Å²) < 4.78 is 27.4. The van der Waals surface area contributed by atoms with Gasteiger partial charge in [0.05, 0.1) is 4.90 Å². The monoisotopic (exact) mass is 298 g/mol. The molecule has 7 heteroatoms. The highest BCUT2D eigenvalue weighted by molar-refractivity contribution is 7.89. The van der Waals surface area contributed by atoms with Crippen LogP contribution in [0.3, 0.4) is 0 Å². The Kier molecular flexibility index (Phi) is 4.95. The van der Waals surface area contributed by atoms with Crippen molar-refractivity contribution in [2.24, 2.45) is 0 Å². The molecule has 1 atom stereocenters. The molecule has 2 heterocycles. The van der Waals surface area contributed by atoms with Crippen LogP contribution in [0.5, 0.6) is 0 Å². The van der Waals surface area contributed by atoms with Crippen LogP contribution in [0, 0.1) is 0 Å². The Hall–Kier alpha value is -1.18. The summed E-state index contributed by atoms with van der Waals surface area (Å²) in [4.78, 5) is 6.51. The SMILES string of the molecule is CCCNc1cc(S(=O)(=O)NC2CCN(C)C2)ccn1. The van der Waals surface area contributed by atoms with Crippen LogP contribution in [-0.2, 0) is 10.0 Å². The van der Waals surface area contributed by atoms with Crippen molar-refractivity contribution >= 4 is 15.8 Å². The molecule has 2 rings (SSSR count). The van der Waals surface area contributed by atoms with Gasteiger partial charge < -0.3 is 10.2 Å². The van der Waals surface area contributed by atoms with Crippen LogP contribution in [0.25, 0.3) is 0 Å². The van der Waals surface area contributed by atoms with Crippen molar-refractivity contribution in [1.82, 2.24) is 14.6 Å². The van der Waals surface area contributed by atoms with Crippen LogP contribution in [0.1, 0.15) is 19.8 Å². The number of pyridine rings is 1. The Labute approximate surface area is 120 Å². The minimum Gasteiger partial charge on any atom is -0.370 e. The van der Waals surface area contributed by atoms with E-state index in [2.05, 4.69) is 19.9 Å². The molecule has 1 aliphatic heterocycles. The molecule has 0 amide bonds. The van der Waals surface area contributed by atoms with Crippen molar-refractivity contribution in [3.05, 3.63) is 18.3 Å². The highest BCUT2D eigenvalue weighted by atomic mass is 32.2. The molecule has 0 saturated carbocycles. The molecule has 6 nitrogen and oxygen atoms in total. The number of nitrogens with zero attached hydrogens (tertiary/aromatic N) is 2. The van der Waals surface area contributed by atoms with Gasteiger partial charge in [-0.15, -0.1) is 0 Å². The van der Waals surface area contributed by atoms with E-state index in [1.807, 2.05) is 14.0 Å². The molecule has 1 aromatic heterocycles. The molecule has 0 bridgehead atoms. The van der Waals surface area contributed by atoms with Crippen molar-refractivity contribution in [3.63, 3.8) is 0 Å². The summed E-state index contributed by atoms with van der Waals surface area (Å²) in [5.41, 5.74) is 0. The number of rotatable bonds is 6. The molecule has 112 valence electrons. The van der Waals surface area contributed by atoms with Crippen LogP contribution in [-0.4, -0.2) is 51.0 Å². The van der Waals surface area contributed by atoms with E-state index < -0.39 is 10.0 Å². The van der Waals surface area contributed by atoms with Gasteiger partial charge in [-0.2, -0.15) is 0 Å². The number of likely N-dealkylation sites (N-methyl/N-ethyl adjacent to an activating group) is 1. The van der Waals surface area contributed by atoms with Crippen molar-refractivity contribution in [3.8, 4) is 0 Å². The second kappa shape index (κ2) is 6.51. The molecular formula is C13H22N4O2S. The van der Waals surface area contributed by atoms with Gasteiger partial charge in [0.15, 0.2) is 0 Å². The van der Waals surface area contributed by atoms with Gasteiger partial charge in [0.25, 0.3) is 0 Å². The van der Waals surface area contributed by atoms with E-state index >= 15 is 0 Å². The molecule has 1 aromatic rings. The minimum atomic E-state index is -3.47. The fourth-order valence-corrected chi connectivity index (χ4v) is 3.52. The van der Waals surface area contributed by atoms with Crippen LogP contribution in [0.4, 0.5) is 5.82 Å². The van der Waals surface area contributed by atoms with Crippen LogP contribution in [0.2, 0.25) is 0 Å². The second-order valence-electron chi connectivity index (χ2n) is 5.17. The third-order valence-corrected chi connectivity index (χ3v) is 4.83. The van der Waals surface area contributed by atoms with Gasteiger partial charge in [-0.05, 0) is 32.5 Å². The van der Waals surface area contributed by atoms with E-state index in [1.165, 1.54) is 12.3 Å². The number of hydrogen-bond donors (Lipinski definition) is 2. The summed E-state index contributed by atoms with van der Waals surface area (Å²) in [5.74, 6) is 0.596. The largest absolute Gasteiger partial charge is 0.370 e. The molecular weight excluding hydrogens is 276 g/mol. The molecule has 1 unspecified atom stereocenters. The van der Waals surface area contributed by atoms with E-state index in [1.54, 1.807) is 6.07 Å². The first-order chi connectivity index (χ1) is 9.51. The highest BCUT2D eigenvalue weighted by Gasteiger charge is 2.25. The van der Waals surface area contributed by atoms with Crippen molar-refractivity contribution in [2.45, 2.75) is 30.7 Å². The average molecular weight is 298 g/mol. The number of likely N-dealkylation sites (tertiary alicyclic amines) is 1. The lowest BCUT2D eigenvalue weighted by atomic mass is 10.3. The molecule has 0 aliphatic carbocycles. The van der Waals surface area contributed by atoms with E-state index in [-0.39, 0.29) is 10.9 Å². The van der Waals surface area contributed by atoms with Crippen molar-refractivity contribution < 1.29 is 8.42 Å². The fraction of sp³-hybridized carbons (Fsp3) is 0.615. The summed E-state index contributed by atoms with van der Waals surface area (Å²) >= 11 is 0. The zero-order valence-corrected chi connectivity index (χ0v) is 12.8. The molecule has 1 fully saturated rings. The Morgan fingerprint density at radius 1 is 1.50 bits per heavy atom. The lowest BCUT2D eigenvalue weighted by Gasteiger charge is -2.14. The number of anilines is 1. The summed E-state index contributed by atoms with van der Waals surface area (Å²) in [6.45, 7) is 4.50. The molecule has 1 saturated heterocycles. The van der Waals surface area contributed by atoms with E-state index in [0.717, 1.165) is 32.5 Å². The lowest BCUT2D eigenvalue weighted by Crippen LogP contribution is -2.36. The fourth-order valence-electron chi connectivity index (χ4n) is 2.25. The van der Waals surface area contributed by atoms with Crippen LogP contribution >= 0.6 is 0 Å². The van der Waals surface area contributed by atoms with Crippen molar-refractivity contribution in [1.29, 1.82) is 0 Å². The topological polar surface area (TPSA) is 74.3 Å². The maximum atomic E-state index is 12.3. The zero-order chi connectivity index (χ0) is 14.6. The Bertz CT molecular complexity index is 547. The molecule has 0 aromatic carbocycles. The van der Waals surface area contributed by atoms with Crippen molar-refractivity contribution in [2.75, 3.05) is 32.0 Å². The van der Waals surface area contributed by atoms with Gasteiger partial charge >= 0.3 is 0 Å². The highest BCUT2D eigenvalue weighted by Crippen LogP contribution is 2.15. The van der Waals surface area contributed by atoms with Gasteiger partial charge in [-0.25, -0.2) is 18.1 Å². The average Bonchev–Trinajstić information content (AvgIpc) is 2.81. The van der Waals surface area contributed by atoms with Gasteiger partial charge in [0.1, 0.15) is 5.82 Å². The smallest absolute Gasteiger partial charge is 0.241 e. The zero-order valence-electron chi connectivity index (χ0n) is 12.0. The summed E-state index contributed by atoms with van der Waals surface area (Å²) in [6.07, 6.45) is 3.33. The van der Waals surface area contributed by atoms with Crippen LogP contribution in [0.15, 0.2) is 23.2 Å². The lowest BCUT2D eigenvalue weighted by molar-refractivity contribution is 0.407. The van der Waals surface area contributed by atoms with Gasteiger partial charge in [-0.1, -0.05) is 6.92 Å². The Balaban J connectivity index is 2.08. The van der Waals surface area contributed by atoms with E-state index in [9.17, 15) is 8.42 Å². The maximum Gasteiger partial charge on any atom is 0.241 e. The first-order valence-electron chi connectivity index (χ1n) is 6.92. The number of aromatic nitrogens is 1.